The molecule has 0 aliphatic rings. The fourth-order valence-corrected chi connectivity index (χ4v) is 1.85. The van der Waals surface area contributed by atoms with Crippen LogP contribution in [0.3, 0.4) is 0 Å². The SMILES string of the molecule is Cc1cc(C)cc(Cn2cnccc2=O)c1. The summed E-state index contributed by atoms with van der Waals surface area (Å²) in [5.74, 6) is 0. The standard InChI is InChI=1S/C13H14N2O/c1-10-5-11(2)7-12(6-10)8-15-9-14-4-3-13(15)16/h3-7,9H,8H2,1-2H3. The highest BCUT2D eigenvalue weighted by Crippen LogP contribution is 2.09. The molecule has 3 heteroatoms. The van der Waals surface area contributed by atoms with Crippen molar-refractivity contribution in [3.63, 3.8) is 0 Å². The summed E-state index contributed by atoms with van der Waals surface area (Å²) in [4.78, 5) is 15.5. The van der Waals surface area contributed by atoms with E-state index in [0.717, 1.165) is 5.56 Å². The van der Waals surface area contributed by atoms with Gasteiger partial charge in [-0.05, 0) is 19.4 Å². The van der Waals surface area contributed by atoms with Gasteiger partial charge in [0.2, 0.25) is 0 Å². The quantitative estimate of drug-likeness (QED) is 0.765. The van der Waals surface area contributed by atoms with Crippen molar-refractivity contribution in [3.05, 3.63) is 63.8 Å². The van der Waals surface area contributed by atoms with Crippen LogP contribution in [0.2, 0.25) is 0 Å². The van der Waals surface area contributed by atoms with Crippen LogP contribution in [0.1, 0.15) is 16.7 Å². The molecule has 0 fully saturated rings. The third-order valence-electron chi connectivity index (χ3n) is 2.43. The lowest BCUT2D eigenvalue weighted by molar-refractivity contribution is 0.735. The molecule has 0 spiro atoms. The Morgan fingerprint density at radius 2 is 1.88 bits per heavy atom. The van der Waals surface area contributed by atoms with Crippen molar-refractivity contribution >= 4 is 0 Å². The van der Waals surface area contributed by atoms with E-state index in [0.29, 0.717) is 6.54 Å². The second-order valence-corrected chi connectivity index (χ2v) is 4.04. The molecule has 1 aromatic heterocycles. The largest absolute Gasteiger partial charge is 0.295 e. The minimum Gasteiger partial charge on any atom is -0.295 e. The molecule has 0 radical (unpaired) electrons. The minimum absolute atomic E-state index is 0.0193. The predicted molar refractivity (Wildman–Crippen MR) is 63.5 cm³/mol. The van der Waals surface area contributed by atoms with E-state index in [1.807, 2.05) is 0 Å². The summed E-state index contributed by atoms with van der Waals surface area (Å²) in [5.41, 5.74) is 3.54. The first-order valence-corrected chi connectivity index (χ1v) is 5.23. The van der Waals surface area contributed by atoms with Gasteiger partial charge in [-0.1, -0.05) is 29.3 Å². The van der Waals surface area contributed by atoms with Gasteiger partial charge in [0, 0.05) is 12.3 Å². The number of nitrogens with zero attached hydrogens (tertiary/aromatic N) is 2. The lowest BCUT2D eigenvalue weighted by Gasteiger charge is -2.06. The first kappa shape index (κ1) is 10.6. The van der Waals surface area contributed by atoms with E-state index in [1.54, 1.807) is 10.9 Å². The average molecular weight is 214 g/mol. The van der Waals surface area contributed by atoms with Gasteiger partial charge in [0.1, 0.15) is 0 Å². The van der Waals surface area contributed by atoms with Gasteiger partial charge in [-0.3, -0.25) is 9.36 Å². The van der Waals surface area contributed by atoms with Gasteiger partial charge >= 0.3 is 0 Å². The van der Waals surface area contributed by atoms with E-state index in [4.69, 9.17) is 0 Å². The predicted octanol–water partition coefficient (Wildman–Crippen LogP) is 1.91. The molecule has 0 unspecified atom stereocenters. The molecule has 1 aromatic carbocycles. The molecule has 0 atom stereocenters. The summed E-state index contributed by atoms with van der Waals surface area (Å²) < 4.78 is 1.61. The molecule has 16 heavy (non-hydrogen) atoms. The van der Waals surface area contributed by atoms with Crippen LogP contribution in [-0.4, -0.2) is 9.55 Å². The van der Waals surface area contributed by atoms with Crippen LogP contribution in [0.15, 0.2) is 41.6 Å². The summed E-state index contributed by atoms with van der Waals surface area (Å²) in [5, 5.41) is 0. The third kappa shape index (κ3) is 2.37. The zero-order valence-electron chi connectivity index (χ0n) is 9.47. The fourth-order valence-electron chi connectivity index (χ4n) is 1.85. The Morgan fingerprint density at radius 1 is 1.19 bits per heavy atom. The Balaban J connectivity index is 2.34. The van der Waals surface area contributed by atoms with Crippen molar-refractivity contribution in [2.75, 3.05) is 0 Å². The van der Waals surface area contributed by atoms with Crippen LogP contribution < -0.4 is 5.56 Å². The average Bonchev–Trinajstić information content (AvgIpc) is 2.20. The van der Waals surface area contributed by atoms with Crippen molar-refractivity contribution in [2.24, 2.45) is 0 Å². The first-order chi connectivity index (χ1) is 7.65. The van der Waals surface area contributed by atoms with Crippen LogP contribution in [0.4, 0.5) is 0 Å². The van der Waals surface area contributed by atoms with Gasteiger partial charge < -0.3 is 0 Å². The monoisotopic (exact) mass is 214 g/mol. The van der Waals surface area contributed by atoms with E-state index < -0.39 is 0 Å². The van der Waals surface area contributed by atoms with Crippen molar-refractivity contribution in [1.82, 2.24) is 9.55 Å². The summed E-state index contributed by atoms with van der Waals surface area (Å²) >= 11 is 0. The Hall–Kier alpha value is -1.90. The van der Waals surface area contributed by atoms with E-state index in [-0.39, 0.29) is 5.56 Å². The number of aryl methyl sites for hydroxylation is 2. The van der Waals surface area contributed by atoms with E-state index in [2.05, 4.69) is 37.0 Å². The molecule has 0 saturated heterocycles. The summed E-state index contributed by atoms with van der Waals surface area (Å²) in [7, 11) is 0. The van der Waals surface area contributed by atoms with Gasteiger partial charge in [0.05, 0.1) is 12.9 Å². The molecule has 0 amide bonds. The highest BCUT2D eigenvalue weighted by atomic mass is 16.1. The van der Waals surface area contributed by atoms with E-state index in [9.17, 15) is 4.79 Å². The molecule has 0 N–H and O–H groups in total. The summed E-state index contributed by atoms with van der Waals surface area (Å²) in [6, 6.07) is 7.77. The van der Waals surface area contributed by atoms with Gasteiger partial charge in [-0.2, -0.15) is 0 Å². The van der Waals surface area contributed by atoms with Crippen LogP contribution in [0, 0.1) is 13.8 Å². The third-order valence-corrected chi connectivity index (χ3v) is 2.43. The van der Waals surface area contributed by atoms with Crippen LogP contribution in [0.25, 0.3) is 0 Å². The first-order valence-electron chi connectivity index (χ1n) is 5.23. The topological polar surface area (TPSA) is 34.9 Å². The Labute approximate surface area is 94.4 Å². The lowest BCUT2D eigenvalue weighted by Crippen LogP contribution is -2.19. The molecule has 2 aromatic rings. The molecule has 0 bridgehead atoms. The number of hydrogen-bond donors (Lipinski definition) is 0. The summed E-state index contributed by atoms with van der Waals surface area (Å²) in [6.45, 7) is 4.69. The van der Waals surface area contributed by atoms with E-state index >= 15 is 0 Å². The minimum atomic E-state index is -0.0193. The molecule has 0 aliphatic carbocycles. The lowest BCUT2D eigenvalue weighted by atomic mass is 10.1. The fraction of sp³-hybridized carbons (Fsp3) is 0.231. The molecular formula is C13H14N2O. The van der Waals surface area contributed by atoms with Crippen molar-refractivity contribution in [2.45, 2.75) is 20.4 Å². The zero-order valence-corrected chi connectivity index (χ0v) is 9.47. The van der Waals surface area contributed by atoms with Crippen molar-refractivity contribution in [1.29, 1.82) is 0 Å². The Morgan fingerprint density at radius 3 is 2.50 bits per heavy atom. The molecule has 1 heterocycles. The molecule has 0 aliphatic heterocycles. The number of aromatic nitrogens is 2. The molecule has 0 saturated carbocycles. The highest BCUT2D eigenvalue weighted by molar-refractivity contribution is 5.28. The Bertz CT molecular complexity index is 538. The van der Waals surface area contributed by atoms with Gasteiger partial charge in [-0.25, -0.2) is 4.98 Å². The number of benzene rings is 1. The maximum Gasteiger partial charge on any atom is 0.253 e. The smallest absolute Gasteiger partial charge is 0.253 e. The van der Waals surface area contributed by atoms with Crippen molar-refractivity contribution < 1.29 is 0 Å². The van der Waals surface area contributed by atoms with Gasteiger partial charge in [-0.15, -0.1) is 0 Å². The second-order valence-electron chi connectivity index (χ2n) is 4.04. The van der Waals surface area contributed by atoms with Crippen LogP contribution in [0.5, 0.6) is 0 Å². The second kappa shape index (κ2) is 4.31. The van der Waals surface area contributed by atoms with Crippen LogP contribution >= 0.6 is 0 Å². The zero-order chi connectivity index (χ0) is 11.5. The van der Waals surface area contributed by atoms with E-state index in [1.165, 1.54) is 23.4 Å². The van der Waals surface area contributed by atoms with Gasteiger partial charge in [0.15, 0.2) is 0 Å². The number of hydrogen-bond acceptors (Lipinski definition) is 2. The van der Waals surface area contributed by atoms with Crippen LogP contribution in [-0.2, 0) is 6.54 Å². The van der Waals surface area contributed by atoms with Crippen molar-refractivity contribution in [3.8, 4) is 0 Å². The maximum atomic E-state index is 11.5. The molecule has 2 rings (SSSR count). The highest BCUT2D eigenvalue weighted by Gasteiger charge is 1.99. The maximum absolute atomic E-state index is 11.5. The summed E-state index contributed by atoms with van der Waals surface area (Å²) in [6.07, 6.45) is 3.08. The number of rotatable bonds is 2. The molecule has 82 valence electrons. The molecular weight excluding hydrogens is 200 g/mol. The normalized spacial score (nSPS) is 10.4. The van der Waals surface area contributed by atoms with Gasteiger partial charge in [0.25, 0.3) is 5.56 Å². The Kier molecular flexibility index (Phi) is 2.86. The molecule has 3 nitrogen and oxygen atoms in total.